The lowest BCUT2D eigenvalue weighted by Crippen LogP contribution is -2.38. The van der Waals surface area contributed by atoms with Gasteiger partial charge in [0, 0.05) is 19.1 Å². The lowest BCUT2D eigenvalue weighted by Gasteiger charge is -2.31. The highest BCUT2D eigenvalue weighted by molar-refractivity contribution is 7.80. The second-order valence-electron chi connectivity index (χ2n) is 4.54. The van der Waals surface area contributed by atoms with Crippen molar-refractivity contribution in [3.63, 3.8) is 0 Å². The van der Waals surface area contributed by atoms with Crippen molar-refractivity contribution in [1.29, 1.82) is 0 Å². The van der Waals surface area contributed by atoms with Crippen LogP contribution in [0.15, 0.2) is 0 Å². The van der Waals surface area contributed by atoms with Gasteiger partial charge in [-0.2, -0.15) is 13.2 Å². The molecule has 1 fully saturated rings. The van der Waals surface area contributed by atoms with Crippen LogP contribution in [0.4, 0.5) is 13.2 Å². The summed E-state index contributed by atoms with van der Waals surface area (Å²) in [6, 6.07) is 0. The van der Waals surface area contributed by atoms with Crippen LogP contribution in [0.3, 0.4) is 0 Å². The first-order valence-electron chi connectivity index (χ1n) is 6.04. The number of nitrogens with two attached hydrogens (primary N) is 1. The van der Waals surface area contributed by atoms with E-state index in [1.54, 1.807) is 0 Å². The summed E-state index contributed by atoms with van der Waals surface area (Å²) in [7, 11) is 0. The smallest absolute Gasteiger partial charge is 0.393 e. The van der Waals surface area contributed by atoms with Crippen LogP contribution in [-0.4, -0.2) is 48.9 Å². The zero-order chi connectivity index (χ0) is 13.6. The predicted molar refractivity (Wildman–Crippen MR) is 67.4 cm³/mol. The molecule has 1 aliphatic heterocycles. The highest BCUT2D eigenvalue weighted by atomic mass is 32.1. The number of piperidine rings is 1. The number of hydrogen-bond acceptors (Lipinski definition) is 3. The second kappa shape index (κ2) is 7.25. The standard InChI is InChI=1S/C11H19F3N2OS/c12-11(13,14)8-17-7-1-4-16-5-2-9(3-6-16)10(15)18/h9H,1-8H2,(H2,15,18). The summed E-state index contributed by atoms with van der Waals surface area (Å²) in [5, 5.41) is 0. The molecule has 0 radical (unpaired) electrons. The van der Waals surface area contributed by atoms with Crippen molar-refractivity contribution in [1.82, 2.24) is 4.90 Å². The van der Waals surface area contributed by atoms with Gasteiger partial charge in [0.15, 0.2) is 0 Å². The van der Waals surface area contributed by atoms with Gasteiger partial charge < -0.3 is 15.4 Å². The fourth-order valence-corrected chi connectivity index (χ4v) is 2.25. The first-order chi connectivity index (χ1) is 8.38. The lowest BCUT2D eigenvalue weighted by atomic mass is 9.97. The molecule has 0 aliphatic carbocycles. The number of hydrogen-bond donors (Lipinski definition) is 1. The van der Waals surface area contributed by atoms with Gasteiger partial charge >= 0.3 is 6.18 Å². The molecule has 0 amide bonds. The van der Waals surface area contributed by atoms with Gasteiger partial charge in [0.25, 0.3) is 0 Å². The number of nitrogens with zero attached hydrogens (tertiary/aromatic N) is 1. The first kappa shape index (κ1) is 15.7. The van der Waals surface area contributed by atoms with Gasteiger partial charge in [-0.1, -0.05) is 12.2 Å². The maximum atomic E-state index is 11.8. The Morgan fingerprint density at radius 3 is 2.44 bits per heavy atom. The summed E-state index contributed by atoms with van der Waals surface area (Å²) >= 11 is 4.94. The minimum atomic E-state index is -4.23. The molecule has 0 aromatic carbocycles. The molecule has 106 valence electrons. The molecule has 2 N–H and O–H groups in total. The lowest BCUT2D eigenvalue weighted by molar-refractivity contribution is -0.174. The Bertz CT molecular complexity index is 266. The van der Waals surface area contributed by atoms with Crippen molar-refractivity contribution in [3.05, 3.63) is 0 Å². The van der Waals surface area contributed by atoms with Crippen molar-refractivity contribution >= 4 is 17.2 Å². The monoisotopic (exact) mass is 284 g/mol. The summed E-state index contributed by atoms with van der Waals surface area (Å²) in [6.07, 6.45) is -1.72. The Kier molecular flexibility index (Phi) is 6.31. The summed E-state index contributed by atoms with van der Waals surface area (Å²) in [6.45, 7) is 1.57. The van der Waals surface area contributed by atoms with Gasteiger partial charge in [-0.25, -0.2) is 0 Å². The number of rotatable bonds is 6. The Balaban J connectivity index is 2.03. The Morgan fingerprint density at radius 1 is 1.33 bits per heavy atom. The van der Waals surface area contributed by atoms with E-state index in [2.05, 4.69) is 9.64 Å². The second-order valence-corrected chi connectivity index (χ2v) is 5.01. The van der Waals surface area contributed by atoms with Gasteiger partial charge in [-0.15, -0.1) is 0 Å². The number of likely N-dealkylation sites (tertiary alicyclic amines) is 1. The summed E-state index contributed by atoms with van der Waals surface area (Å²) in [4.78, 5) is 2.79. The number of thiocarbonyl (C=S) groups is 1. The van der Waals surface area contributed by atoms with Crippen molar-refractivity contribution in [2.45, 2.75) is 25.4 Å². The van der Waals surface area contributed by atoms with Gasteiger partial charge in [0.05, 0.1) is 4.99 Å². The molecule has 0 saturated carbocycles. The van der Waals surface area contributed by atoms with Crippen molar-refractivity contribution in [3.8, 4) is 0 Å². The third-order valence-corrected chi connectivity index (χ3v) is 3.35. The quantitative estimate of drug-likeness (QED) is 0.598. The highest BCUT2D eigenvalue weighted by Crippen LogP contribution is 2.18. The van der Waals surface area contributed by atoms with Crippen molar-refractivity contribution in [2.75, 3.05) is 32.8 Å². The van der Waals surface area contributed by atoms with Crippen molar-refractivity contribution in [2.24, 2.45) is 11.7 Å². The average Bonchev–Trinajstić information content (AvgIpc) is 2.27. The Labute approximate surface area is 110 Å². The predicted octanol–water partition coefficient (Wildman–Crippen LogP) is 1.95. The Hall–Kier alpha value is -0.400. The first-order valence-corrected chi connectivity index (χ1v) is 6.45. The minimum absolute atomic E-state index is 0.148. The van der Waals surface area contributed by atoms with E-state index in [0.717, 1.165) is 32.5 Å². The van der Waals surface area contributed by atoms with E-state index in [9.17, 15) is 13.2 Å². The molecule has 0 aromatic heterocycles. The molecule has 7 heteroatoms. The van der Waals surface area contributed by atoms with E-state index in [-0.39, 0.29) is 6.61 Å². The van der Waals surface area contributed by atoms with E-state index in [0.29, 0.717) is 17.3 Å². The molecule has 1 heterocycles. The highest BCUT2D eigenvalue weighted by Gasteiger charge is 2.27. The summed E-state index contributed by atoms with van der Waals surface area (Å²) in [5.41, 5.74) is 5.58. The van der Waals surface area contributed by atoms with E-state index in [1.807, 2.05) is 0 Å². The maximum Gasteiger partial charge on any atom is 0.411 e. The maximum absolute atomic E-state index is 11.8. The zero-order valence-electron chi connectivity index (χ0n) is 10.2. The largest absolute Gasteiger partial charge is 0.411 e. The molecule has 0 unspecified atom stereocenters. The van der Waals surface area contributed by atoms with Gasteiger partial charge in [0.1, 0.15) is 6.61 Å². The molecule has 1 rings (SSSR count). The molecule has 0 atom stereocenters. The van der Waals surface area contributed by atoms with Crippen LogP contribution >= 0.6 is 12.2 Å². The third kappa shape index (κ3) is 6.51. The fourth-order valence-electron chi connectivity index (χ4n) is 2.02. The minimum Gasteiger partial charge on any atom is -0.393 e. The van der Waals surface area contributed by atoms with Crippen molar-refractivity contribution < 1.29 is 17.9 Å². The zero-order valence-corrected chi connectivity index (χ0v) is 11.0. The van der Waals surface area contributed by atoms with E-state index < -0.39 is 12.8 Å². The van der Waals surface area contributed by atoms with Gasteiger partial charge in [-0.3, -0.25) is 0 Å². The molecule has 3 nitrogen and oxygen atoms in total. The van der Waals surface area contributed by atoms with Crippen LogP contribution < -0.4 is 5.73 Å². The van der Waals surface area contributed by atoms with Crippen LogP contribution in [0.5, 0.6) is 0 Å². The summed E-state index contributed by atoms with van der Waals surface area (Å²) in [5.74, 6) is 0.317. The molecule has 18 heavy (non-hydrogen) atoms. The molecular formula is C11H19F3N2OS. The average molecular weight is 284 g/mol. The fraction of sp³-hybridized carbons (Fsp3) is 0.909. The van der Waals surface area contributed by atoms with E-state index in [1.165, 1.54) is 0 Å². The number of ether oxygens (including phenoxy) is 1. The van der Waals surface area contributed by atoms with E-state index >= 15 is 0 Å². The molecule has 1 aliphatic rings. The Morgan fingerprint density at radius 2 is 1.94 bits per heavy atom. The van der Waals surface area contributed by atoms with Crippen LogP contribution in [0.2, 0.25) is 0 Å². The van der Waals surface area contributed by atoms with Crippen LogP contribution in [0.1, 0.15) is 19.3 Å². The van der Waals surface area contributed by atoms with E-state index in [4.69, 9.17) is 18.0 Å². The van der Waals surface area contributed by atoms with Gasteiger partial charge in [0.2, 0.25) is 0 Å². The van der Waals surface area contributed by atoms with Gasteiger partial charge in [-0.05, 0) is 32.4 Å². The van der Waals surface area contributed by atoms with Crippen LogP contribution in [0, 0.1) is 5.92 Å². The summed E-state index contributed by atoms with van der Waals surface area (Å²) < 4.78 is 39.9. The number of alkyl halides is 3. The molecule has 0 spiro atoms. The molecule has 0 bridgehead atoms. The molecule has 1 saturated heterocycles. The number of halogens is 3. The molecule has 0 aromatic rings. The topological polar surface area (TPSA) is 38.5 Å². The normalized spacial score (nSPS) is 19.1. The third-order valence-electron chi connectivity index (χ3n) is 3.02. The SMILES string of the molecule is NC(=S)C1CCN(CCCOCC(F)(F)F)CC1. The molecular weight excluding hydrogens is 265 g/mol. The van der Waals surface area contributed by atoms with Crippen LogP contribution in [0.25, 0.3) is 0 Å². The van der Waals surface area contributed by atoms with Crippen LogP contribution in [-0.2, 0) is 4.74 Å².